The standard InChI is InChI=1S/C39H54N4O4/c1-26(2)43-25-33(23-40-43)31-9-8-10-35(22-31)42(37(44)30-15-18-34(19-16-30)41-38(45)47-39(4,5)6)24-28-11-13-29(14-12-28)32-17-20-36(46-7)27(3)21-32/h8-10,17,20-23,25-26,28-30,34H,11-16,18-19,24H2,1-7H3,(H,41,45)/t28-,29-,30-,34-. The second-order valence-corrected chi connectivity index (χ2v) is 14.9. The number of hydrogen-bond acceptors (Lipinski definition) is 5. The number of amides is 2. The van der Waals surface area contributed by atoms with Crippen molar-refractivity contribution in [3.8, 4) is 16.9 Å². The third-order valence-electron chi connectivity index (χ3n) is 9.86. The molecule has 0 spiro atoms. The Morgan fingerprint density at radius 2 is 1.70 bits per heavy atom. The van der Waals surface area contributed by atoms with Crippen LogP contribution in [0.1, 0.15) is 109 Å². The molecule has 2 fully saturated rings. The van der Waals surface area contributed by atoms with E-state index in [9.17, 15) is 9.59 Å². The lowest BCUT2D eigenvalue weighted by Crippen LogP contribution is -2.45. The highest BCUT2D eigenvalue weighted by Crippen LogP contribution is 2.39. The van der Waals surface area contributed by atoms with Gasteiger partial charge < -0.3 is 19.7 Å². The van der Waals surface area contributed by atoms with Gasteiger partial charge in [-0.1, -0.05) is 24.3 Å². The van der Waals surface area contributed by atoms with Gasteiger partial charge in [0, 0.05) is 42.0 Å². The quantitative estimate of drug-likeness (QED) is 0.252. The smallest absolute Gasteiger partial charge is 0.407 e. The molecule has 1 N–H and O–H groups in total. The molecule has 2 amide bonds. The monoisotopic (exact) mass is 642 g/mol. The van der Waals surface area contributed by atoms with Crippen LogP contribution < -0.4 is 15.0 Å². The highest BCUT2D eigenvalue weighted by atomic mass is 16.6. The average Bonchev–Trinajstić information content (AvgIpc) is 3.54. The lowest BCUT2D eigenvalue weighted by molar-refractivity contribution is -0.123. The van der Waals surface area contributed by atoms with Crippen LogP contribution in [0, 0.1) is 18.8 Å². The lowest BCUT2D eigenvalue weighted by Gasteiger charge is -2.36. The molecule has 8 heteroatoms. The van der Waals surface area contributed by atoms with Gasteiger partial charge in [0.05, 0.1) is 13.3 Å². The predicted molar refractivity (Wildman–Crippen MR) is 188 cm³/mol. The normalized spacial score (nSPS) is 21.7. The largest absolute Gasteiger partial charge is 0.496 e. The Balaban J connectivity index is 1.30. The summed E-state index contributed by atoms with van der Waals surface area (Å²) in [5, 5.41) is 7.58. The summed E-state index contributed by atoms with van der Waals surface area (Å²) in [6.07, 6.45) is 11.1. The van der Waals surface area contributed by atoms with Crippen molar-refractivity contribution < 1.29 is 19.1 Å². The van der Waals surface area contributed by atoms with E-state index in [0.29, 0.717) is 11.8 Å². The number of rotatable bonds is 9. The molecule has 8 nitrogen and oxygen atoms in total. The summed E-state index contributed by atoms with van der Waals surface area (Å²) >= 11 is 0. The van der Waals surface area contributed by atoms with Gasteiger partial charge in [-0.15, -0.1) is 0 Å². The van der Waals surface area contributed by atoms with Gasteiger partial charge in [-0.2, -0.15) is 5.10 Å². The van der Waals surface area contributed by atoms with Crippen molar-refractivity contribution in [2.75, 3.05) is 18.6 Å². The molecule has 254 valence electrons. The van der Waals surface area contributed by atoms with E-state index < -0.39 is 5.60 Å². The SMILES string of the molecule is COc1ccc([C@H]2CC[C@H](CN(c3cccc(-c4cnn(C(C)C)c4)c3)C(=O)[C@H]3CC[C@H](NC(=O)OC(C)(C)C)CC3)CC2)cc1C. The van der Waals surface area contributed by atoms with Gasteiger partial charge in [-0.25, -0.2) is 4.79 Å². The Hall–Kier alpha value is -3.81. The summed E-state index contributed by atoms with van der Waals surface area (Å²) in [5.41, 5.74) is 5.10. The minimum absolute atomic E-state index is 0.0278. The van der Waals surface area contributed by atoms with Crippen LogP contribution in [0.5, 0.6) is 5.75 Å². The maximum absolute atomic E-state index is 14.4. The molecular weight excluding hydrogens is 588 g/mol. The van der Waals surface area contributed by atoms with E-state index in [0.717, 1.165) is 80.5 Å². The molecule has 0 bridgehead atoms. The molecule has 5 rings (SSSR count). The third kappa shape index (κ3) is 8.96. The first-order valence-corrected chi connectivity index (χ1v) is 17.5. The van der Waals surface area contributed by atoms with Crippen LogP contribution in [-0.2, 0) is 9.53 Å². The number of anilines is 1. The molecule has 1 aromatic heterocycles. The number of nitrogens with zero attached hydrogens (tertiary/aromatic N) is 3. The summed E-state index contributed by atoms with van der Waals surface area (Å²) in [7, 11) is 1.72. The highest BCUT2D eigenvalue weighted by Gasteiger charge is 2.34. The maximum Gasteiger partial charge on any atom is 0.407 e. The van der Waals surface area contributed by atoms with E-state index >= 15 is 0 Å². The van der Waals surface area contributed by atoms with Crippen LogP contribution in [0.4, 0.5) is 10.5 Å². The topological polar surface area (TPSA) is 85.7 Å². The van der Waals surface area contributed by atoms with Crippen LogP contribution in [0.2, 0.25) is 0 Å². The number of carbonyl (C=O) groups is 2. The first kappa shape index (κ1) is 34.5. The molecule has 2 aliphatic rings. The molecule has 0 radical (unpaired) electrons. The minimum atomic E-state index is -0.535. The molecule has 2 saturated carbocycles. The minimum Gasteiger partial charge on any atom is -0.496 e. The number of aryl methyl sites for hydroxylation is 1. The van der Waals surface area contributed by atoms with Gasteiger partial charge in [0.1, 0.15) is 11.4 Å². The maximum atomic E-state index is 14.4. The highest BCUT2D eigenvalue weighted by molar-refractivity contribution is 5.95. The van der Waals surface area contributed by atoms with Gasteiger partial charge in [-0.3, -0.25) is 9.48 Å². The number of ether oxygens (including phenoxy) is 2. The summed E-state index contributed by atoms with van der Waals surface area (Å²) in [6.45, 7) is 12.7. The molecule has 3 aromatic rings. The Bertz CT molecular complexity index is 1510. The van der Waals surface area contributed by atoms with Crippen LogP contribution in [-0.4, -0.2) is 47.1 Å². The van der Waals surface area contributed by atoms with E-state index in [-0.39, 0.29) is 30.0 Å². The van der Waals surface area contributed by atoms with Crippen molar-refractivity contribution >= 4 is 17.7 Å². The summed E-state index contributed by atoms with van der Waals surface area (Å²) in [4.78, 5) is 28.9. The molecule has 0 saturated heterocycles. The van der Waals surface area contributed by atoms with E-state index in [2.05, 4.69) is 84.7 Å². The van der Waals surface area contributed by atoms with Gasteiger partial charge in [0.15, 0.2) is 0 Å². The zero-order valence-corrected chi connectivity index (χ0v) is 29.4. The van der Waals surface area contributed by atoms with Gasteiger partial charge >= 0.3 is 6.09 Å². The molecule has 2 aliphatic carbocycles. The number of alkyl carbamates (subject to hydrolysis) is 1. The van der Waals surface area contributed by atoms with E-state index in [1.807, 2.05) is 31.6 Å². The Morgan fingerprint density at radius 1 is 0.979 bits per heavy atom. The van der Waals surface area contributed by atoms with Crippen molar-refractivity contribution in [2.24, 2.45) is 11.8 Å². The van der Waals surface area contributed by atoms with Gasteiger partial charge in [0.2, 0.25) is 5.91 Å². The number of benzene rings is 2. The molecule has 0 unspecified atom stereocenters. The Kier molecular flexibility index (Phi) is 11.0. The molecule has 2 aromatic carbocycles. The van der Waals surface area contributed by atoms with Crippen LogP contribution in [0.3, 0.4) is 0 Å². The third-order valence-corrected chi connectivity index (χ3v) is 9.86. The first-order valence-electron chi connectivity index (χ1n) is 17.5. The number of aromatic nitrogens is 2. The number of methoxy groups -OCH3 is 1. The van der Waals surface area contributed by atoms with E-state index in [1.165, 1.54) is 11.1 Å². The summed E-state index contributed by atoms with van der Waals surface area (Å²) in [5.74, 6) is 2.03. The van der Waals surface area contributed by atoms with Crippen molar-refractivity contribution in [3.05, 3.63) is 66.0 Å². The van der Waals surface area contributed by atoms with Crippen LogP contribution in [0.25, 0.3) is 11.1 Å². The van der Waals surface area contributed by atoms with E-state index in [4.69, 9.17) is 9.47 Å². The number of nitrogens with one attached hydrogen (secondary N) is 1. The zero-order chi connectivity index (χ0) is 33.7. The average molecular weight is 643 g/mol. The van der Waals surface area contributed by atoms with Crippen molar-refractivity contribution in [2.45, 2.75) is 117 Å². The number of hydrogen-bond donors (Lipinski definition) is 1. The fourth-order valence-electron chi connectivity index (χ4n) is 7.22. The fourth-order valence-corrected chi connectivity index (χ4v) is 7.22. The van der Waals surface area contributed by atoms with Gasteiger partial charge in [0.25, 0.3) is 0 Å². The van der Waals surface area contributed by atoms with Crippen molar-refractivity contribution in [3.63, 3.8) is 0 Å². The second-order valence-electron chi connectivity index (χ2n) is 14.9. The zero-order valence-electron chi connectivity index (χ0n) is 29.4. The molecule has 0 aliphatic heterocycles. The molecule has 0 atom stereocenters. The van der Waals surface area contributed by atoms with Crippen LogP contribution in [0.15, 0.2) is 54.9 Å². The second kappa shape index (κ2) is 15.0. The van der Waals surface area contributed by atoms with Gasteiger partial charge in [-0.05, 0) is 140 Å². The predicted octanol–water partition coefficient (Wildman–Crippen LogP) is 8.84. The van der Waals surface area contributed by atoms with Crippen molar-refractivity contribution in [1.82, 2.24) is 15.1 Å². The molecular formula is C39H54N4O4. The number of carbonyl (C=O) groups excluding carboxylic acids is 2. The summed E-state index contributed by atoms with van der Waals surface area (Å²) < 4.78 is 12.9. The van der Waals surface area contributed by atoms with Crippen LogP contribution >= 0.6 is 0 Å². The van der Waals surface area contributed by atoms with Crippen molar-refractivity contribution in [1.29, 1.82) is 0 Å². The van der Waals surface area contributed by atoms with E-state index in [1.54, 1.807) is 7.11 Å². The molecule has 1 heterocycles. The summed E-state index contributed by atoms with van der Waals surface area (Å²) in [6, 6.07) is 15.3. The Labute approximate surface area is 281 Å². The molecule has 47 heavy (non-hydrogen) atoms. The lowest BCUT2D eigenvalue weighted by atomic mass is 9.78. The first-order chi connectivity index (χ1) is 22.4. The fraction of sp³-hybridized carbons (Fsp3) is 0.564. The Morgan fingerprint density at radius 3 is 2.32 bits per heavy atom.